The lowest BCUT2D eigenvalue weighted by molar-refractivity contribution is 0.604. The Morgan fingerprint density at radius 2 is 1.92 bits per heavy atom. The van der Waals surface area contributed by atoms with Gasteiger partial charge in [0.05, 0.1) is 24.0 Å². The Balaban J connectivity index is 1.88. The van der Waals surface area contributed by atoms with E-state index in [9.17, 15) is 14.0 Å². The Kier molecular flexibility index (Phi) is 4.70. The molecule has 0 radical (unpaired) electrons. The quantitative estimate of drug-likeness (QED) is 0.643. The Morgan fingerprint density at radius 3 is 2.54 bits per heavy atom. The van der Waals surface area contributed by atoms with E-state index in [0.717, 1.165) is 24.2 Å². The van der Waals surface area contributed by atoms with E-state index in [1.165, 1.54) is 0 Å². The first kappa shape index (κ1) is 17.2. The number of rotatable bonds is 5. The maximum absolute atomic E-state index is 14.2. The van der Waals surface area contributed by atoms with E-state index in [4.69, 9.17) is 0 Å². The van der Waals surface area contributed by atoms with Gasteiger partial charge < -0.3 is 10.6 Å². The van der Waals surface area contributed by atoms with E-state index in [-0.39, 0.29) is 17.2 Å². The highest BCUT2D eigenvalue weighted by Gasteiger charge is 2.16. The molecule has 3 rings (SSSR count). The summed E-state index contributed by atoms with van der Waals surface area (Å²) in [4.78, 5) is 11.9. The van der Waals surface area contributed by atoms with E-state index in [1.54, 1.807) is 19.9 Å². The van der Waals surface area contributed by atoms with Crippen molar-refractivity contribution in [1.29, 1.82) is 5.26 Å². The Hall–Kier alpha value is -3.61. The van der Waals surface area contributed by atoms with Gasteiger partial charge in [-0.15, -0.1) is 0 Å². The predicted molar refractivity (Wildman–Crippen MR) is 89.5 cm³/mol. The molecule has 1 atom stereocenters. The monoisotopic (exact) mass is 356 g/mol. The molecule has 0 saturated heterocycles. The van der Waals surface area contributed by atoms with Crippen molar-refractivity contribution in [3.8, 4) is 6.07 Å². The number of nitrogens with zero attached hydrogens (tertiary/aromatic N) is 5. The van der Waals surface area contributed by atoms with Gasteiger partial charge >= 0.3 is 0 Å². The van der Waals surface area contributed by atoms with E-state index in [2.05, 4.69) is 35.8 Å². The van der Waals surface area contributed by atoms with Crippen LogP contribution in [0.15, 0.2) is 24.5 Å². The SMILES string of the molecule is Cc1cc(Nc2nc(N[C@@H](C)c3ncc(F)cn3)c(C#N)cc2F)n[nH]1. The normalized spacial score (nSPS) is 11.7. The van der Waals surface area contributed by atoms with E-state index in [0.29, 0.717) is 11.6 Å². The van der Waals surface area contributed by atoms with Gasteiger partial charge in [0.25, 0.3) is 0 Å². The van der Waals surface area contributed by atoms with Gasteiger partial charge in [0.15, 0.2) is 23.3 Å². The predicted octanol–water partition coefficient (Wildman–Crippen LogP) is 2.97. The molecule has 26 heavy (non-hydrogen) atoms. The van der Waals surface area contributed by atoms with Crippen molar-refractivity contribution in [3.05, 3.63) is 53.2 Å². The van der Waals surface area contributed by atoms with Gasteiger partial charge in [0.2, 0.25) is 0 Å². The Morgan fingerprint density at radius 1 is 1.19 bits per heavy atom. The summed E-state index contributed by atoms with van der Waals surface area (Å²) in [5.74, 6) is -0.509. The molecule has 0 saturated carbocycles. The lowest BCUT2D eigenvalue weighted by Crippen LogP contribution is -2.14. The molecule has 0 aliphatic heterocycles. The van der Waals surface area contributed by atoms with Crippen molar-refractivity contribution in [2.24, 2.45) is 0 Å². The van der Waals surface area contributed by atoms with Gasteiger partial charge in [0, 0.05) is 11.8 Å². The fourth-order valence-electron chi connectivity index (χ4n) is 2.19. The summed E-state index contributed by atoms with van der Waals surface area (Å²) in [7, 11) is 0. The minimum atomic E-state index is -0.696. The van der Waals surface area contributed by atoms with Crippen LogP contribution >= 0.6 is 0 Å². The number of nitrogens with one attached hydrogen (secondary N) is 3. The molecule has 0 aliphatic rings. The highest BCUT2D eigenvalue weighted by molar-refractivity contribution is 5.61. The van der Waals surface area contributed by atoms with Crippen molar-refractivity contribution in [2.45, 2.75) is 19.9 Å². The number of pyridine rings is 1. The molecule has 8 nitrogen and oxygen atoms in total. The summed E-state index contributed by atoms with van der Waals surface area (Å²) in [6.07, 6.45) is 2.08. The zero-order chi connectivity index (χ0) is 18.7. The number of H-pyrrole nitrogens is 1. The van der Waals surface area contributed by atoms with Crippen LogP contribution in [0.1, 0.15) is 30.0 Å². The summed E-state index contributed by atoms with van der Waals surface area (Å²) < 4.78 is 27.1. The molecule has 10 heteroatoms. The van der Waals surface area contributed by atoms with Gasteiger partial charge in [-0.3, -0.25) is 5.10 Å². The zero-order valence-corrected chi connectivity index (χ0v) is 13.9. The molecule has 0 aliphatic carbocycles. The highest BCUT2D eigenvalue weighted by Crippen LogP contribution is 2.25. The number of anilines is 3. The third-order valence-electron chi connectivity index (χ3n) is 3.43. The minimum absolute atomic E-state index is 0.0141. The molecule has 0 amide bonds. The fraction of sp³-hybridized carbons (Fsp3) is 0.188. The lowest BCUT2D eigenvalue weighted by Gasteiger charge is -2.15. The molecular weight excluding hydrogens is 342 g/mol. The second-order valence-corrected chi connectivity index (χ2v) is 5.51. The van der Waals surface area contributed by atoms with E-state index in [1.807, 2.05) is 6.07 Å². The number of halogens is 2. The Labute approximate surface area is 147 Å². The van der Waals surface area contributed by atoms with Gasteiger partial charge in [-0.1, -0.05) is 0 Å². The third kappa shape index (κ3) is 3.72. The van der Waals surface area contributed by atoms with Crippen LogP contribution in [0.3, 0.4) is 0 Å². The average molecular weight is 356 g/mol. The number of aryl methyl sites for hydroxylation is 1. The standard InChI is InChI=1S/C16H14F2N8/c1-8-3-13(26-25-8)23-16-12(18)4-10(5-19)15(24-16)22-9(2)14-20-6-11(17)7-21-14/h3-4,6-7,9H,1-2H3,(H3,22,23,24,25,26)/t9-/m0/s1. The number of aromatic amines is 1. The first-order valence-electron chi connectivity index (χ1n) is 7.60. The van der Waals surface area contributed by atoms with Crippen LogP contribution in [-0.2, 0) is 0 Å². The molecule has 132 valence electrons. The van der Waals surface area contributed by atoms with E-state index < -0.39 is 17.7 Å². The molecule has 3 aromatic heterocycles. The molecule has 3 heterocycles. The largest absolute Gasteiger partial charge is 0.359 e. The summed E-state index contributed by atoms with van der Waals surface area (Å²) in [5, 5.41) is 21.6. The fourth-order valence-corrected chi connectivity index (χ4v) is 2.19. The van der Waals surface area contributed by atoms with Crippen LogP contribution in [0.4, 0.5) is 26.2 Å². The molecule has 3 aromatic rings. The minimum Gasteiger partial charge on any atom is -0.359 e. The van der Waals surface area contributed by atoms with Crippen LogP contribution in [0, 0.1) is 29.9 Å². The van der Waals surface area contributed by atoms with Crippen molar-refractivity contribution in [2.75, 3.05) is 10.6 Å². The van der Waals surface area contributed by atoms with Crippen molar-refractivity contribution in [1.82, 2.24) is 25.1 Å². The maximum Gasteiger partial charge on any atom is 0.170 e. The van der Waals surface area contributed by atoms with Crippen LogP contribution in [0.2, 0.25) is 0 Å². The number of hydrogen-bond acceptors (Lipinski definition) is 7. The van der Waals surface area contributed by atoms with Gasteiger partial charge in [0.1, 0.15) is 17.7 Å². The van der Waals surface area contributed by atoms with Crippen molar-refractivity contribution < 1.29 is 8.78 Å². The molecule has 0 aromatic carbocycles. The molecule has 0 unspecified atom stereocenters. The zero-order valence-electron chi connectivity index (χ0n) is 13.9. The number of nitriles is 1. The van der Waals surface area contributed by atoms with Crippen molar-refractivity contribution >= 4 is 17.5 Å². The number of hydrogen-bond donors (Lipinski definition) is 3. The van der Waals surface area contributed by atoms with Crippen LogP contribution < -0.4 is 10.6 Å². The lowest BCUT2D eigenvalue weighted by atomic mass is 10.2. The molecule has 0 fully saturated rings. The van der Waals surface area contributed by atoms with Gasteiger partial charge in [-0.25, -0.2) is 23.7 Å². The maximum atomic E-state index is 14.2. The second-order valence-electron chi connectivity index (χ2n) is 5.51. The summed E-state index contributed by atoms with van der Waals surface area (Å²) in [6, 6.07) is 4.14. The summed E-state index contributed by atoms with van der Waals surface area (Å²) >= 11 is 0. The third-order valence-corrected chi connectivity index (χ3v) is 3.43. The van der Waals surface area contributed by atoms with Crippen molar-refractivity contribution in [3.63, 3.8) is 0 Å². The first-order valence-corrected chi connectivity index (χ1v) is 7.60. The number of aromatic nitrogens is 5. The molecular formula is C16H14F2N8. The van der Waals surface area contributed by atoms with Crippen LogP contribution in [-0.4, -0.2) is 25.1 Å². The summed E-state index contributed by atoms with van der Waals surface area (Å²) in [6.45, 7) is 3.52. The van der Waals surface area contributed by atoms with Crippen LogP contribution in [0.25, 0.3) is 0 Å². The highest BCUT2D eigenvalue weighted by atomic mass is 19.1. The molecule has 0 spiro atoms. The van der Waals surface area contributed by atoms with E-state index >= 15 is 0 Å². The van der Waals surface area contributed by atoms with Gasteiger partial charge in [-0.05, 0) is 19.9 Å². The first-order chi connectivity index (χ1) is 12.5. The molecule has 3 N–H and O–H groups in total. The Bertz CT molecular complexity index is 961. The van der Waals surface area contributed by atoms with Crippen LogP contribution in [0.5, 0.6) is 0 Å². The van der Waals surface area contributed by atoms with Gasteiger partial charge in [-0.2, -0.15) is 10.4 Å². The smallest absolute Gasteiger partial charge is 0.170 e. The average Bonchev–Trinajstić information content (AvgIpc) is 3.03. The topological polar surface area (TPSA) is 115 Å². The second kappa shape index (κ2) is 7.10. The summed E-state index contributed by atoms with van der Waals surface area (Å²) in [5.41, 5.74) is 0.808. The molecule has 0 bridgehead atoms.